The highest BCUT2D eigenvalue weighted by Crippen LogP contribution is 2.25. The lowest BCUT2D eigenvalue weighted by Gasteiger charge is -2.16. The Morgan fingerprint density at radius 2 is 2.00 bits per heavy atom. The monoisotopic (exact) mass is 288 g/mol. The molecule has 1 aromatic rings. The van der Waals surface area contributed by atoms with Gasteiger partial charge in [-0.2, -0.15) is 4.31 Å². The van der Waals surface area contributed by atoms with Crippen LogP contribution >= 0.6 is 11.6 Å². The Bertz CT molecular complexity index is 525. The first kappa shape index (κ1) is 13.8. The Balaban J connectivity index is 2.30. The van der Waals surface area contributed by atoms with E-state index in [0.717, 1.165) is 18.4 Å². The summed E-state index contributed by atoms with van der Waals surface area (Å²) in [6.07, 6.45) is 1.87. The van der Waals surface area contributed by atoms with E-state index in [0.29, 0.717) is 24.7 Å². The fourth-order valence-corrected chi connectivity index (χ4v) is 3.96. The molecule has 1 fully saturated rings. The molecule has 100 valence electrons. The van der Waals surface area contributed by atoms with E-state index in [4.69, 9.17) is 11.6 Å². The average molecular weight is 289 g/mol. The van der Waals surface area contributed by atoms with Crippen molar-refractivity contribution in [3.63, 3.8) is 0 Å². The van der Waals surface area contributed by atoms with Crippen LogP contribution in [0.5, 0.6) is 0 Å². The van der Waals surface area contributed by atoms with Gasteiger partial charge in [-0.05, 0) is 37.6 Å². The van der Waals surface area contributed by atoms with Gasteiger partial charge >= 0.3 is 0 Å². The van der Waals surface area contributed by atoms with Crippen molar-refractivity contribution in [3.8, 4) is 0 Å². The summed E-state index contributed by atoms with van der Waals surface area (Å²) in [6.45, 7) is 1.85. The van der Waals surface area contributed by atoms with Gasteiger partial charge in [-0.3, -0.25) is 0 Å². The Morgan fingerprint density at radius 1 is 1.33 bits per heavy atom. The lowest BCUT2D eigenvalue weighted by molar-refractivity contribution is 0.477. The molecule has 1 heterocycles. The van der Waals surface area contributed by atoms with Crippen LogP contribution in [-0.4, -0.2) is 32.9 Å². The third kappa shape index (κ3) is 2.69. The van der Waals surface area contributed by atoms with Crippen LogP contribution in [-0.2, 0) is 16.6 Å². The van der Waals surface area contributed by atoms with Crippen molar-refractivity contribution in [2.24, 2.45) is 0 Å². The number of halogens is 1. The first-order valence-corrected chi connectivity index (χ1v) is 7.80. The van der Waals surface area contributed by atoms with Gasteiger partial charge in [0.25, 0.3) is 0 Å². The number of nitrogens with one attached hydrogen (secondary N) is 1. The predicted octanol–water partition coefficient (Wildman–Crippen LogP) is 1.84. The smallest absolute Gasteiger partial charge is 0.243 e. The van der Waals surface area contributed by atoms with E-state index in [9.17, 15) is 8.42 Å². The van der Waals surface area contributed by atoms with Crippen LogP contribution in [0.3, 0.4) is 0 Å². The minimum Gasteiger partial charge on any atom is -0.316 e. The van der Waals surface area contributed by atoms with Crippen molar-refractivity contribution in [3.05, 3.63) is 28.8 Å². The summed E-state index contributed by atoms with van der Waals surface area (Å²) >= 11 is 6.10. The number of hydrogen-bond acceptors (Lipinski definition) is 3. The SMILES string of the molecule is CNCc1ccc(S(=O)(=O)N2CCCC2)cc1Cl. The van der Waals surface area contributed by atoms with Gasteiger partial charge in [0.15, 0.2) is 0 Å². The molecular formula is C12H17ClN2O2S. The van der Waals surface area contributed by atoms with E-state index in [1.807, 2.05) is 7.05 Å². The van der Waals surface area contributed by atoms with Gasteiger partial charge in [-0.25, -0.2) is 8.42 Å². The largest absolute Gasteiger partial charge is 0.316 e. The van der Waals surface area contributed by atoms with Crippen LogP contribution in [0.15, 0.2) is 23.1 Å². The van der Waals surface area contributed by atoms with Crippen molar-refractivity contribution < 1.29 is 8.42 Å². The second-order valence-corrected chi connectivity index (χ2v) is 6.74. The van der Waals surface area contributed by atoms with Gasteiger partial charge in [-0.15, -0.1) is 0 Å². The zero-order valence-corrected chi connectivity index (χ0v) is 11.9. The van der Waals surface area contributed by atoms with E-state index in [1.165, 1.54) is 4.31 Å². The molecule has 1 saturated heterocycles. The first-order valence-electron chi connectivity index (χ1n) is 5.99. The highest BCUT2D eigenvalue weighted by molar-refractivity contribution is 7.89. The summed E-state index contributed by atoms with van der Waals surface area (Å²) in [5, 5.41) is 3.48. The zero-order valence-electron chi connectivity index (χ0n) is 10.3. The highest BCUT2D eigenvalue weighted by atomic mass is 35.5. The summed E-state index contributed by atoms with van der Waals surface area (Å²) in [6, 6.07) is 4.94. The van der Waals surface area contributed by atoms with Crippen molar-refractivity contribution in [2.45, 2.75) is 24.3 Å². The number of sulfonamides is 1. The van der Waals surface area contributed by atoms with Crippen LogP contribution in [0.1, 0.15) is 18.4 Å². The molecule has 0 aromatic heterocycles. The lowest BCUT2D eigenvalue weighted by atomic mass is 10.2. The molecule has 2 rings (SSSR count). The Labute approximate surface area is 113 Å². The molecule has 0 spiro atoms. The topological polar surface area (TPSA) is 49.4 Å². The van der Waals surface area contributed by atoms with Gasteiger partial charge in [0, 0.05) is 24.7 Å². The highest BCUT2D eigenvalue weighted by Gasteiger charge is 2.27. The Hall–Kier alpha value is -0.620. The second kappa shape index (κ2) is 5.57. The number of hydrogen-bond donors (Lipinski definition) is 1. The van der Waals surface area contributed by atoms with E-state index in [-0.39, 0.29) is 4.90 Å². The minimum atomic E-state index is -3.36. The van der Waals surface area contributed by atoms with E-state index >= 15 is 0 Å². The van der Waals surface area contributed by atoms with Crippen LogP contribution in [0.2, 0.25) is 5.02 Å². The van der Waals surface area contributed by atoms with E-state index in [2.05, 4.69) is 5.32 Å². The first-order chi connectivity index (χ1) is 8.55. The van der Waals surface area contributed by atoms with E-state index < -0.39 is 10.0 Å². The van der Waals surface area contributed by atoms with Gasteiger partial charge in [0.05, 0.1) is 4.90 Å². The quantitative estimate of drug-likeness (QED) is 0.920. The maximum Gasteiger partial charge on any atom is 0.243 e. The molecule has 0 unspecified atom stereocenters. The zero-order chi connectivity index (χ0) is 13.2. The van der Waals surface area contributed by atoms with Gasteiger partial charge in [0.2, 0.25) is 10.0 Å². The van der Waals surface area contributed by atoms with Crippen molar-refractivity contribution in [2.75, 3.05) is 20.1 Å². The molecule has 0 atom stereocenters. The van der Waals surface area contributed by atoms with Crippen molar-refractivity contribution >= 4 is 21.6 Å². The predicted molar refractivity (Wildman–Crippen MR) is 72.2 cm³/mol. The molecule has 1 aliphatic rings. The van der Waals surface area contributed by atoms with Crippen LogP contribution in [0, 0.1) is 0 Å². The molecular weight excluding hydrogens is 272 g/mol. The summed E-state index contributed by atoms with van der Waals surface area (Å²) in [5.74, 6) is 0. The normalized spacial score (nSPS) is 17.2. The molecule has 6 heteroatoms. The fraction of sp³-hybridized carbons (Fsp3) is 0.500. The molecule has 1 N–H and O–H groups in total. The van der Waals surface area contributed by atoms with Crippen molar-refractivity contribution in [1.29, 1.82) is 0 Å². The molecule has 0 saturated carbocycles. The minimum absolute atomic E-state index is 0.286. The Kier molecular flexibility index (Phi) is 4.27. The van der Waals surface area contributed by atoms with Crippen LogP contribution in [0.25, 0.3) is 0 Å². The molecule has 4 nitrogen and oxygen atoms in total. The van der Waals surface area contributed by atoms with Crippen LogP contribution < -0.4 is 5.32 Å². The maximum absolute atomic E-state index is 12.3. The van der Waals surface area contributed by atoms with E-state index in [1.54, 1.807) is 18.2 Å². The maximum atomic E-state index is 12.3. The fourth-order valence-electron chi connectivity index (χ4n) is 2.10. The Morgan fingerprint density at radius 3 is 2.56 bits per heavy atom. The molecule has 0 amide bonds. The molecule has 0 aliphatic carbocycles. The number of rotatable bonds is 4. The lowest BCUT2D eigenvalue weighted by Crippen LogP contribution is -2.27. The number of benzene rings is 1. The molecule has 0 radical (unpaired) electrons. The summed E-state index contributed by atoms with van der Waals surface area (Å²) in [7, 11) is -1.54. The standard InChI is InChI=1S/C12H17ClN2O2S/c1-14-9-10-4-5-11(8-12(10)13)18(16,17)15-6-2-3-7-15/h4-5,8,14H,2-3,6-7,9H2,1H3. The van der Waals surface area contributed by atoms with Gasteiger partial charge in [0.1, 0.15) is 0 Å². The van der Waals surface area contributed by atoms with Crippen LogP contribution in [0.4, 0.5) is 0 Å². The van der Waals surface area contributed by atoms with Gasteiger partial charge in [-0.1, -0.05) is 17.7 Å². The van der Waals surface area contributed by atoms with Gasteiger partial charge < -0.3 is 5.32 Å². The molecule has 1 aliphatic heterocycles. The summed E-state index contributed by atoms with van der Waals surface area (Å²) in [5.41, 5.74) is 0.902. The third-order valence-corrected chi connectivity index (χ3v) is 5.34. The van der Waals surface area contributed by atoms with Crippen molar-refractivity contribution in [1.82, 2.24) is 9.62 Å². The molecule has 1 aromatic carbocycles. The summed E-state index contributed by atoms with van der Waals surface area (Å²) < 4.78 is 26.1. The second-order valence-electron chi connectivity index (χ2n) is 4.39. The molecule has 0 bridgehead atoms. The third-order valence-electron chi connectivity index (χ3n) is 3.09. The summed E-state index contributed by atoms with van der Waals surface area (Å²) in [4.78, 5) is 0.286. The number of nitrogens with zero attached hydrogens (tertiary/aromatic N) is 1. The molecule has 18 heavy (non-hydrogen) atoms. The average Bonchev–Trinajstić information content (AvgIpc) is 2.86.